The zero-order valence-electron chi connectivity index (χ0n) is 20.9. The number of carbonyl (C=O) groups is 2. The standard InChI is InChI=1S/C30H28FN3O3S/c31-23-19-27(25-11-17-38-28(25)20-23)33-15-13-32(14-16-33)12-10-21-6-7-22-8-9-29(35)34(26(22)18-21)30(36)37-24-4-2-1-3-5-24/h1-7,11,17-20H,8-10,12-16H2. The zero-order valence-corrected chi connectivity index (χ0v) is 21.8. The van der Waals surface area contributed by atoms with Crippen LogP contribution in [-0.2, 0) is 17.6 Å². The van der Waals surface area contributed by atoms with E-state index in [1.54, 1.807) is 47.7 Å². The molecule has 2 aliphatic heterocycles. The van der Waals surface area contributed by atoms with Crippen molar-refractivity contribution in [2.45, 2.75) is 19.3 Å². The number of fused-ring (bicyclic) bond motifs is 2. The molecule has 0 saturated carbocycles. The van der Waals surface area contributed by atoms with E-state index in [0.717, 1.165) is 66.0 Å². The Balaban J connectivity index is 1.10. The molecule has 0 radical (unpaired) electrons. The van der Waals surface area contributed by atoms with Crippen LogP contribution in [0.25, 0.3) is 10.1 Å². The van der Waals surface area contributed by atoms with Crippen molar-refractivity contribution in [1.82, 2.24) is 4.90 Å². The molecule has 2 aliphatic rings. The molecule has 0 N–H and O–H groups in total. The van der Waals surface area contributed by atoms with Gasteiger partial charge in [0.1, 0.15) is 11.6 Å². The number of amides is 2. The summed E-state index contributed by atoms with van der Waals surface area (Å²) in [6.07, 6.45) is 1.03. The van der Waals surface area contributed by atoms with Crippen molar-refractivity contribution < 1.29 is 18.7 Å². The highest BCUT2D eigenvalue weighted by Gasteiger charge is 2.31. The maximum atomic E-state index is 14.2. The molecule has 0 bridgehead atoms. The van der Waals surface area contributed by atoms with E-state index in [1.807, 2.05) is 23.6 Å². The van der Waals surface area contributed by atoms with Crippen molar-refractivity contribution in [3.05, 3.63) is 89.1 Å². The summed E-state index contributed by atoms with van der Waals surface area (Å²) in [6.45, 7) is 4.33. The molecule has 0 spiro atoms. The summed E-state index contributed by atoms with van der Waals surface area (Å²) >= 11 is 1.57. The summed E-state index contributed by atoms with van der Waals surface area (Å²) < 4.78 is 20.6. The number of ether oxygens (including phenoxy) is 1. The van der Waals surface area contributed by atoms with Crippen molar-refractivity contribution >= 4 is 44.8 Å². The molecule has 0 unspecified atom stereocenters. The topological polar surface area (TPSA) is 53.1 Å². The van der Waals surface area contributed by atoms with Crippen LogP contribution in [0.2, 0.25) is 0 Å². The molecule has 8 heteroatoms. The van der Waals surface area contributed by atoms with Gasteiger partial charge in [-0.25, -0.2) is 14.1 Å². The van der Waals surface area contributed by atoms with E-state index in [9.17, 15) is 14.0 Å². The number of para-hydroxylation sites is 1. The fourth-order valence-electron chi connectivity index (χ4n) is 5.29. The van der Waals surface area contributed by atoms with Crippen LogP contribution in [0.4, 0.5) is 20.6 Å². The maximum Gasteiger partial charge on any atom is 0.426 e. The molecule has 1 fully saturated rings. The minimum Gasteiger partial charge on any atom is -0.410 e. The number of aryl methyl sites for hydroxylation is 1. The molecule has 194 valence electrons. The van der Waals surface area contributed by atoms with Crippen molar-refractivity contribution in [3.63, 3.8) is 0 Å². The largest absolute Gasteiger partial charge is 0.426 e. The molecule has 3 aromatic carbocycles. The fraction of sp³-hybridized carbons (Fsp3) is 0.267. The summed E-state index contributed by atoms with van der Waals surface area (Å²) in [5.41, 5.74) is 3.64. The molecular weight excluding hydrogens is 501 g/mol. The Morgan fingerprint density at radius 2 is 1.74 bits per heavy atom. The second-order valence-corrected chi connectivity index (χ2v) is 10.7. The Morgan fingerprint density at radius 1 is 0.921 bits per heavy atom. The van der Waals surface area contributed by atoms with Gasteiger partial charge in [-0.3, -0.25) is 9.69 Å². The van der Waals surface area contributed by atoms with Crippen LogP contribution in [0.15, 0.2) is 72.1 Å². The molecule has 2 amide bonds. The summed E-state index contributed by atoms with van der Waals surface area (Å²) in [7, 11) is 0. The number of thiophene rings is 1. The molecule has 3 heterocycles. The van der Waals surface area contributed by atoms with E-state index in [0.29, 0.717) is 17.9 Å². The molecule has 0 atom stereocenters. The van der Waals surface area contributed by atoms with Gasteiger partial charge in [-0.15, -0.1) is 11.3 Å². The highest BCUT2D eigenvalue weighted by Crippen LogP contribution is 2.33. The highest BCUT2D eigenvalue weighted by molar-refractivity contribution is 7.17. The SMILES string of the molecule is O=C1CCc2ccc(CCN3CCN(c4cc(F)cc5sccc45)CC3)cc2N1C(=O)Oc1ccccc1. The number of hydrogen-bond donors (Lipinski definition) is 0. The minimum atomic E-state index is -0.674. The van der Waals surface area contributed by atoms with Gasteiger partial charge in [0.2, 0.25) is 5.91 Å². The molecule has 38 heavy (non-hydrogen) atoms. The summed E-state index contributed by atoms with van der Waals surface area (Å²) in [6, 6.07) is 20.2. The first-order chi connectivity index (χ1) is 18.5. The Labute approximate surface area is 224 Å². The summed E-state index contributed by atoms with van der Waals surface area (Å²) in [5.74, 6) is -0.0283. The number of hydrogen-bond acceptors (Lipinski definition) is 6. The molecular formula is C30H28FN3O3S. The first-order valence-corrected chi connectivity index (χ1v) is 13.8. The average Bonchev–Trinajstić information content (AvgIpc) is 3.40. The average molecular weight is 530 g/mol. The molecule has 6 rings (SSSR count). The van der Waals surface area contributed by atoms with Crippen LogP contribution in [0.5, 0.6) is 5.75 Å². The minimum absolute atomic E-state index is 0.190. The number of piperazine rings is 1. The van der Waals surface area contributed by atoms with Crippen LogP contribution in [0.3, 0.4) is 0 Å². The second-order valence-electron chi connectivity index (χ2n) is 9.71. The smallest absolute Gasteiger partial charge is 0.410 e. The van der Waals surface area contributed by atoms with Crippen molar-refractivity contribution in [2.24, 2.45) is 0 Å². The summed E-state index contributed by atoms with van der Waals surface area (Å²) in [4.78, 5) is 31.5. The van der Waals surface area contributed by atoms with Gasteiger partial charge in [-0.05, 0) is 65.7 Å². The lowest BCUT2D eigenvalue weighted by Crippen LogP contribution is -2.47. The number of anilines is 2. The van der Waals surface area contributed by atoms with Gasteiger partial charge < -0.3 is 9.64 Å². The van der Waals surface area contributed by atoms with Crippen LogP contribution < -0.4 is 14.5 Å². The number of halogens is 1. The monoisotopic (exact) mass is 529 g/mol. The van der Waals surface area contributed by atoms with Gasteiger partial charge in [0.25, 0.3) is 0 Å². The van der Waals surface area contributed by atoms with Gasteiger partial charge in [0, 0.05) is 54.9 Å². The number of benzene rings is 3. The number of rotatable bonds is 5. The van der Waals surface area contributed by atoms with E-state index >= 15 is 0 Å². The van der Waals surface area contributed by atoms with Crippen LogP contribution in [-0.4, -0.2) is 49.6 Å². The highest BCUT2D eigenvalue weighted by atomic mass is 32.1. The van der Waals surface area contributed by atoms with E-state index in [-0.39, 0.29) is 18.1 Å². The fourth-order valence-corrected chi connectivity index (χ4v) is 6.12. The van der Waals surface area contributed by atoms with Crippen LogP contribution in [0.1, 0.15) is 17.5 Å². The summed E-state index contributed by atoms with van der Waals surface area (Å²) in [5, 5.41) is 3.13. The first-order valence-electron chi connectivity index (χ1n) is 12.9. The Bertz CT molecular complexity index is 1480. The zero-order chi connectivity index (χ0) is 26.1. The first kappa shape index (κ1) is 24.6. The quantitative estimate of drug-likeness (QED) is 0.323. The lowest BCUT2D eigenvalue weighted by atomic mass is 9.98. The molecule has 6 nitrogen and oxygen atoms in total. The van der Waals surface area contributed by atoms with Gasteiger partial charge >= 0.3 is 6.09 Å². The third-order valence-electron chi connectivity index (χ3n) is 7.32. The predicted octanol–water partition coefficient (Wildman–Crippen LogP) is 5.88. The normalized spacial score (nSPS) is 16.1. The third-order valence-corrected chi connectivity index (χ3v) is 8.19. The van der Waals surface area contributed by atoms with Crippen LogP contribution in [0, 0.1) is 5.82 Å². The van der Waals surface area contributed by atoms with E-state index in [2.05, 4.69) is 21.9 Å². The van der Waals surface area contributed by atoms with E-state index < -0.39 is 6.09 Å². The van der Waals surface area contributed by atoms with Crippen molar-refractivity contribution in [1.29, 1.82) is 0 Å². The van der Waals surface area contributed by atoms with E-state index in [4.69, 9.17) is 4.74 Å². The van der Waals surface area contributed by atoms with E-state index in [1.165, 1.54) is 4.90 Å². The molecule has 4 aromatic rings. The van der Waals surface area contributed by atoms with Gasteiger partial charge in [0.15, 0.2) is 0 Å². The van der Waals surface area contributed by atoms with Gasteiger partial charge in [-0.2, -0.15) is 0 Å². The molecule has 1 saturated heterocycles. The number of imide groups is 1. The predicted molar refractivity (Wildman–Crippen MR) is 149 cm³/mol. The lowest BCUT2D eigenvalue weighted by Gasteiger charge is -2.36. The molecule has 0 aliphatic carbocycles. The Kier molecular flexibility index (Phi) is 6.82. The second kappa shape index (κ2) is 10.6. The van der Waals surface area contributed by atoms with Crippen molar-refractivity contribution in [2.75, 3.05) is 42.5 Å². The number of carbonyl (C=O) groups excluding carboxylic acids is 2. The molecule has 1 aromatic heterocycles. The van der Waals surface area contributed by atoms with Crippen molar-refractivity contribution in [3.8, 4) is 5.75 Å². The lowest BCUT2D eigenvalue weighted by molar-refractivity contribution is -0.118. The number of nitrogens with zero attached hydrogens (tertiary/aromatic N) is 3. The van der Waals surface area contributed by atoms with Crippen LogP contribution >= 0.6 is 11.3 Å². The maximum absolute atomic E-state index is 14.2. The van der Waals surface area contributed by atoms with Gasteiger partial charge in [0.05, 0.1) is 5.69 Å². The Hall–Kier alpha value is -3.75. The Morgan fingerprint density at radius 3 is 2.55 bits per heavy atom. The van der Waals surface area contributed by atoms with Gasteiger partial charge in [-0.1, -0.05) is 30.3 Å². The third kappa shape index (κ3) is 5.01.